The zero-order valence-corrected chi connectivity index (χ0v) is 14.8. The van der Waals surface area contributed by atoms with Crippen LogP contribution in [0.4, 0.5) is 19.3 Å². The summed E-state index contributed by atoms with van der Waals surface area (Å²) in [6.45, 7) is 3.21. The first-order chi connectivity index (χ1) is 12.5. The molecule has 2 aliphatic rings. The van der Waals surface area contributed by atoms with Crippen molar-refractivity contribution < 1.29 is 13.6 Å². The molecule has 5 nitrogen and oxygen atoms in total. The molecular weight excluding hydrogens is 338 g/mol. The van der Waals surface area contributed by atoms with E-state index in [-0.39, 0.29) is 17.3 Å². The van der Waals surface area contributed by atoms with Gasteiger partial charge in [0.2, 0.25) is 0 Å². The van der Waals surface area contributed by atoms with Crippen LogP contribution in [-0.2, 0) is 13.1 Å². The van der Waals surface area contributed by atoms with Crippen molar-refractivity contribution in [2.45, 2.75) is 51.6 Å². The number of carbonyl (C=O) groups is 1. The van der Waals surface area contributed by atoms with E-state index in [1.165, 1.54) is 25.8 Å². The minimum atomic E-state index is -0.958. The maximum absolute atomic E-state index is 13.6. The molecule has 0 spiro atoms. The fraction of sp³-hybridized carbons (Fsp3) is 0.474. The predicted molar refractivity (Wildman–Crippen MR) is 94.0 cm³/mol. The number of hydrogen-bond acceptors (Lipinski definition) is 2. The van der Waals surface area contributed by atoms with Crippen LogP contribution in [0.25, 0.3) is 0 Å². The third-order valence-electron chi connectivity index (χ3n) is 5.42. The molecule has 1 aromatic carbocycles. The number of nitrogens with one attached hydrogen (secondary N) is 1. The van der Waals surface area contributed by atoms with Crippen LogP contribution in [0, 0.1) is 18.6 Å². The highest BCUT2D eigenvalue weighted by Crippen LogP contribution is 2.36. The number of aryl methyl sites for hydroxylation is 1. The molecule has 1 N–H and O–H groups in total. The molecule has 2 heterocycles. The van der Waals surface area contributed by atoms with Gasteiger partial charge in [-0.3, -0.25) is 0 Å². The normalized spacial score (nSPS) is 17.4. The standard InChI is InChI=1S/C19H22F2N4O/c1-12-8-14(9-15(20)17(12)21)23-19(26)24-6-7-25-11-22-18(16(25)10-24)13-4-2-3-5-13/h8-9,11,13H,2-7,10H2,1H3,(H,23,26). The topological polar surface area (TPSA) is 50.2 Å². The minimum absolute atomic E-state index is 0.167. The molecule has 1 aliphatic heterocycles. The van der Waals surface area contributed by atoms with E-state index >= 15 is 0 Å². The van der Waals surface area contributed by atoms with Gasteiger partial charge in [-0.15, -0.1) is 0 Å². The maximum atomic E-state index is 13.6. The highest BCUT2D eigenvalue weighted by Gasteiger charge is 2.28. The molecule has 2 amide bonds. The Bertz CT molecular complexity index is 819. The summed E-state index contributed by atoms with van der Waals surface area (Å²) in [5.74, 6) is -1.35. The average molecular weight is 360 g/mol. The van der Waals surface area contributed by atoms with E-state index in [4.69, 9.17) is 0 Å². The third kappa shape index (κ3) is 3.06. The lowest BCUT2D eigenvalue weighted by molar-refractivity contribution is 0.196. The molecular formula is C19H22F2N4O. The first-order valence-corrected chi connectivity index (χ1v) is 9.08. The van der Waals surface area contributed by atoms with Gasteiger partial charge in [-0.1, -0.05) is 12.8 Å². The van der Waals surface area contributed by atoms with Crippen molar-refractivity contribution in [3.8, 4) is 0 Å². The van der Waals surface area contributed by atoms with Crippen LogP contribution >= 0.6 is 0 Å². The zero-order chi connectivity index (χ0) is 18.3. The summed E-state index contributed by atoms with van der Waals surface area (Å²) in [6.07, 6.45) is 6.65. The molecule has 2 aromatic rings. The van der Waals surface area contributed by atoms with Gasteiger partial charge in [0.05, 0.1) is 24.3 Å². The molecule has 0 radical (unpaired) electrons. The number of nitrogens with zero attached hydrogens (tertiary/aromatic N) is 3. The predicted octanol–water partition coefficient (Wildman–Crippen LogP) is 4.18. The highest BCUT2D eigenvalue weighted by molar-refractivity contribution is 5.89. The van der Waals surface area contributed by atoms with Gasteiger partial charge in [0.25, 0.3) is 0 Å². The number of aromatic nitrogens is 2. The zero-order valence-electron chi connectivity index (χ0n) is 14.8. The van der Waals surface area contributed by atoms with Crippen LogP contribution in [0.2, 0.25) is 0 Å². The third-order valence-corrected chi connectivity index (χ3v) is 5.42. The first kappa shape index (κ1) is 17.0. The molecule has 1 aliphatic carbocycles. The van der Waals surface area contributed by atoms with E-state index in [1.807, 2.05) is 6.33 Å². The number of rotatable bonds is 2. The van der Waals surface area contributed by atoms with Gasteiger partial charge in [0, 0.05) is 30.8 Å². The second-order valence-corrected chi connectivity index (χ2v) is 7.19. The van der Waals surface area contributed by atoms with Gasteiger partial charge < -0.3 is 14.8 Å². The van der Waals surface area contributed by atoms with Crippen LogP contribution < -0.4 is 5.32 Å². The Morgan fingerprint density at radius 1 is 1.23 bits per heavy atom. The minimum Gasteiger partial charge on any atom is -0.331 e. The van der Waals surface area contributed by atoms with Gasteiger partial charge in [0.1, 0.15) is 0 Å². The van der Waals surface area contributed by atoms with Crippen LogP contribution in [0.1, 0.15) is 48.6 Å². The van der Waals surface area contributed by atoms with Crippen molar-refractivity contribution in [3.05, 3.63) is 47.0 Å². The number of hydrogen-bond donors (Lipinski definition) is 1. The van der Waals surface area contributed by atoms with E-state index < -0.39 is 11.6 Å². The molecule has 1 aromatic heterocycles. The fourth-order valence-corrected chi connectivity index (χ4v) is 3.99. The van der Waals surface area contributed by atoms with Crippen LogP contribution in [0.5, 0.6) is 0 Å². The molecule has 0 atom stereocenters. The SMILES string of the molecule is Cc1cc(NC(=O)N2CCn3cnc(C4CCCC4)c3C2)cc(F)c1F. The van der Waals surface area contributed by atoms with Crippen LogP contribution in [-0.4, -0.2) is 27.0 Å². The van der Waals surface area contributed by atoms with Crippen LogP contribution in [0.15, 0.2) is 18.5 Å². The van der Waals surface area contributed by atoms with E-state index in [1.54, 1.807) is 4.90 Å². The molecule has 26 heavy (non-hydrogen) atoms. The Morgan fingerprint density at radius 2 is 2.00 bits per heavy atom. The number of halogens is 2. The van der Waals surface area contributed by atoms with Gasteiger partial charge in [0.15, 0.2) is 11.6 Å². The molecule has 0 saturated heterocycles. The van der Waals surface area contributed by atoms with Crippen LogP contribution in [0.3, 0.4) is 0 Å². The lowest BCUT2D eigenvalue weighted by Gasteiger charge is -2.29. The summed E-state index contributed by atoms with van der Waals surface area (Å²) in [5, 5.41) is 2.68. The van der Waals surface area contributed by atoms with Gasteiger partial charge in [-0.25, -0.2) is 18.6 Å². The number of urea groups is 1. The van der Waals surface area contributed by atoms with Gasteiger partial charge in [-0.05, 0) is 31.4 Å². The quantitative estimate of drug-likeness (QED) is 0.874. The highest BCUT2D eigenvalue weighted by atomic mass is 19.2. The molecule has 4 rings (SSSR count). The smallest absolute Gasteiger partial charge is 0.322 e. The number of benzene rings is 1. The van der Waals surface area contributed by atoms with E-state index in [2.05, 4.69) is 14.9 Å². The Kier molecular flexibility index (Phi) is 4.38. The molecule has 7 heteroatoms. The molecule has 1 fully saturated rings. The Labute approximate surface area is 151 Å². The van der Waals surface area contributed by atoms with Crippen molar-refractivity contribution >= 4 is 11.7 Å². The fourth-order valence-electron chi connectivity index (χ4n) is 3.99. The van der Waals surface area contributed by atoms with Crippen molar-refractivity contribution in [1.29, 1.82) is 0 Å². The lowest BCUT2D eigenvalue weighted by Crippen LogP contribution is -2.41. The van der Waals surface area contributed by atoms with Crippen molar-refractivity contribution in [2.75, 3.05) is 11.9 Å². The monoisotopic (exact) mass is 360 g/mol. The van der Waals surface area contributed by atoms with E-state index in [0.29, 0.717) is 25.6 Å². The van der Waals surface area contributed by atoms with Crippen molar-refractivity contribution in [3.63, 3.8) is 0 Å². The van der Waals surface area contributed by atoms with E-state index in [0.717, 1.165) is 30.3 Å². The molecule has 1 saturated carbocycles. The van der Waals surface area contributed by atoms with Crippen molar-refractivity contribution in [2.24, 2.45) is 0 Å². The number of imidazole rings is 1. The summed E-state index contributed by atoms with van der Waals surface area (Å²) in [7, 11) is 0. The average Bonchev–Trinajstić information content (AvgIpc) is 3.28. The second-order valence-electron chi connectivity index (χ2n) is 7.19. The number of fused-ring (bicyclic) bond motifs is 1. The molecule has 0 bridgehead atoms. The van der Waals surface area contributed by atoms with Gasteiger partial charge >= 0.3 is 6.03 Å². The Morgan fingerprint density at radius 3 is 2.73 bits per heavy atom. The molecule has 138 valence electrons. The maximum Gasteiger partial charge on any atom is 0.322 e. The number of carbonyl (C=O) groups excluding carboxylic acids is 1. The Balaban J connectivity index is 1.50. The summed E-state index contributed by atoms with van der Waals surface area (Å²) in [4.78, 5) is 18.9. The summed E-state index contributed by atoms with van der Waals surface area (Å²) in [6, 6.07) is 2.15. The first-order valence-electron chi connectivity index (χ1n) is 9.08. The van der Waals surface area contributed by atoms with Crippen molar-refractivity contribution in [1.82, 2.24) is 14.5 Å². The van der Waals surface area contributed by atoms with E-state index in [9.17, 15) is 13.6 Å². The summed E-state index contributed by atoms with van der Waals surface area (Å²) < 4.78 is 29.1. The largest absolute Gasteiger partial charge is 0.331 e. The second kappa shape index (κ2) is 6.70. The number of amides is 2. The lowest BCUT2D eigenvalue weighted by atomic mass is 10.0. The Hall–Kier alpha value is -2.44. The summed E-state index contributed by atoms with van der Waals surface area (Å²) in [5.41, 5.74) is 2.64. The van der Waals surface area contributed by atoms with Gasteiger partial charge in [-0.2, -0.15) is 0 Å². The number of anilines is 1. The summed E-state index contributed by atoms with van der Waals surface area (Å²) >= 11 is 0. The molecule has 0 unspecified atom stereocenters.